The molecule has 1 aliphatic rings. The van der Waals surface area contributed by atoms with Crippen molar-refractivity contribution in [2.75, 3.05) is 0 Å². The number of carbonyl (C=O) groups is 1. The molecule has 0 fully saturated rings. The molecule has 0 aromatic rings. The van der Waals surface area contributed by atoms with Crippen molar-refractivity contribution in [1.29, 1.82) is 0 Å². The lowest BCUT2D eigenvalue weighted by atomic mass is 9.98. The molecular formula is C7H10O3. The molecule has 0 heterocycles. The van der Waals surface area contributed by atoms with Crippen molar-refractivity contribution in [3.05, 3.63) is 11.6 Å². The number of hydrogen-bond acceptors (Lipinski definition) is 2. The Morgan fingerprint density at radius 3 is 2.80 bits per heavy atom. The van der Waals surface area contributed by atoms with E-state index in [0.717, 1.165) is 6.42 Å². The first-order chi connectivity index (χ1) is 4.70. The number of carboxylic acid groups (broad SMARTS) is 1. The lowest BCUT2D eigenvalue weighted by Crippen LogP contribution is -2.13. The second kappa shape index (κ2) is 2.84. The highest BCUT2D eigenvalue weighted by Crippen LogP contribution is 2.17. The van der Waals surface area contributed by atoms with Crippen LogP contribution in [-0.2, 0) is 4.79 Å². The number of aliphatic hydroxyl groups is 1. The fraction of sp³-hybridized carbons (Fsp3) is 0.571. The van der Waals surface area contributed by atoms with Crippen molar-refractivity contribution in [3.8, 4) is 0 Å². The normalized spacial score (nSPS) is 25.7. The van der Waals surface area contributed by atoms with Crippen LogP contribution < -0.4 is 0 Å². The first-order valence-electron chi connectivity index (χ1n) is 3.32. The molecule has 0 saturated carbocycles. The van der Waals surface area contributed by atoms with Gasteiger partial charge in [-0.05, 0) is 25.3 Å². The Bertz CT molecular complexity index is 172. The van der Waals surface area contributed by atoms with Gasteiger partial charge in [0, 0.05) is 5.57 Å². The molecule has 0 aromatic heterocycles. The van der Waals surface area contributed by atoms with Gasteiger partial charge < -0.3 is 10.2 Å². The third-order valence-electron chi connectivity index (χ3n) is 1.61. The van der Waals surface area contributed by atoms with Crippen molar-refractivity contribution in [2.24, 2.45) is 0 Å². The summed E-state index contributed by atoms with van der Waals surface area (Å²) in [6.45, 7) is 0. The lowest BCUT2D eigenvalue weighted by Gasteiger charge is -2.13. The first-order valence-corrected chi connectivity index (χ1v) is 3.32. The van der Waals surface area contributed by atoms with Crippen LogP contribution in [0.4, 0.5) is 0 Å². The predicted octanol–water partition coefficient (Wildman–Crippen LogP) is 0.542. The van der Waals surface area contributed by atoms with Crippen LogP contribution in [0.2, 0.25) is 0 Å². The fourth-order valence-corrected chi connectivity index (χ4v) is 1.08. The summed E-state index contributed by atoms with van der Waals surface area (Å²) in [5.74, 6) is -0.904. The molecule has 3 heteroatoms. The Kier molecular flexibility index (Phi) is 2.06. The summed E-state index contributed by atoms with van der Waals surface area (Å²) in [5, 5.41) is 17.5. The topological polar surface area (TPSA) is 57.5 Å². The van der Waals surface area contributed by atoms with Gasteiger partial charge in [0.15, 0.2) is 0 Å². The fourth-order valence-electron chi connectivity index (χ4n) is 1.08. The largest absolute Gasteiger partial charge is 0.478 e. The highest BCUT2D eigenvalue weighted by molar-refractivity contribution is 5.86. The van der Waals surface area contributed by atoms with Crippen LogP contribution in [0.3, 0.4) is 0 Å². The molecular weight excluding hydrogens is 132 g/mol. The molecule has 0 radical (unpaired) electrons. The van der Waals surface area contributed by atoms with Crippen LogP contribution in [0.25, 0.3) is 0 Å². The van der Waals surface area contributed by atoms with E-state index in [4.69, 9.17) is 10.2 Å². The Morgan fingerprint density at radius 1 is 1.70 bits per heavy atom. The van der Waals surface area contributed by atoms with E-state index in [-0.39, 0.29) is 0 Å². The number of rotatable bonds is 1. The van der Waals surface area contributed by atoms with Crippen molar-refractivity contribution >= 4 is 5.97 Å². The number of carboxylic acids is 1. The lowest BCUT2D eigenvalue weighted by molar-refractivity contribution is -0.133. The van der Waals surface area contributed by atoms with Gasteiger partial charge in [0.2, 0.25) is 0 Å². The van der Waals surface area contributed by atoms with Crippen molar-refractivity contribution < 1.29 is 15.0 Å². The molecule has 2 N–H and O–H groups in total. The zero-order valence-corrected chi connectivity index (χ0v) is 5.58. The van der Waals surface area contributed by atoms with Crippen molar-refractivity contribution in [3.63, 3.8) is 0 Å². The van der Waals surface area contributed by atoms with Crippen LogP contribution >= 0.6 is 0 Å². The number of hydrogen-bond donors (Lipinski definition) is 2. The van der Waals surface area contributed by atoms with Crippen LogP contribution in [0.1, 0.15) is 19.3 Å². The summed E-state index contributed by atoms with van der Waals surface area (Å²) < 4.78 is 0. The van der Waals surface area contributed by atoms with Gasteiger partial charge in [0.05, 0.1) is 6.10 Å². The van der Waals surface area contributed by atoms with E-state index in [0.29, 0.717) is 18.4 Å². The Hall–Kier alpha value is -0.830. The maximum Gasteiger partial charge on any atom is 0.331 e. The van der Waals surface area contributed by atoms with Gasteiger partial charge >= 0.3 is 5.97 Å². The Morgan fingerprint density at radius 2 is 2.40 bits per heavy atom. The molecule has 1 rings (SSSR count). The highest BCUT2D eigenvalue weighted by Gasteiger charge is 2.14. The molecule has 10 heavy (non-hydrogen) atoms. The monoisotopic (exact) mass is 142 g/mol. The summed E-state index contributed by atoms with van der Waals surface area (Å²) in [4.78, 5) is 10.3. The summed E-state index contributed by atoms with van der Waals surface area (Å²) in [7, 11) is 0. The number of aliphatic hydroxyl groups excluding tert-OH is 1. The molecule has 0 spiro atoms. The van der Waals surface area contributed by atoms with E-state index in [1.807, 2.05) is 0 Å². The van der Waals surface area contributed by atoms with Crippen molar-refractivity contribution in [1.82, 2.24) is 0 Å². The average Bonchev–Trinajstić information content (AvgIpc) is 1.88. The van der Waals surface area contributed by atoms with Crippen LogP contribution in [0.5, 0.6) is 0 Å². The molecule has 1 aliphatic carbocycles. The molecule has 1 atom stereocenters. The van der Waals surface area contributed by atoms with Crippen LogP contribution in [0, 0.1) is 0 Å². The zero-order chi connectivity index (χ0) is 7.56. The van der Waals surface area contributed by atoms with Crippen LogP contribution in [-0.4, -0.2) is 22.3 Å². The zero-order valence-electron chi connectivity index (χ0n) is 5.58. The smallest absolute Gasteiger partial charge is 0.331 e. The molecule has 0 amide bonds. The molecule has 0 unspecified atom stereocenters. The third kappa shape index (κ3) is 1.57. The molecule has 0 aliphatic heterocycles. The maximum atomic E-state index is 10.3. The minimum absolute atomic E-state index is 0.346. The molecule has 0 bridgehead atoms. The van der Waals surface area contributed by atoms with Gasteiger partial charge in [-0.3, -0.25) is 0 Å². The van der Waals surface area contributed by atoms with Gasteiger partial charge in [-0.2, -0.15) is 0 Å². The van der Waals surface area contributed by atoms with E-state index in [1.54, 1.807) is 0 Å². The maximum absolute atomic E-state index is 10.3. The van der Waals surface area contributed by atoms with Gasteiger partial charge in [-0.15, -0.1) is 0 Å². The highest BCUT2D eigenvalue weighted by atomic mass is 16.4. The predicted molar refractivity (Wildman–Crippen MR) is 35.6 cm³/mol. The summed E-state index contributed by atoms with van der Waals surface area (Å²) in [5.41, 5.74) is 0.346. The first kappa shape index (κ1) is 7.28. The Balaban J connectivity index is 2.66. The van der Waals surface area contributed by atoms with E-state index < -0.39 is 12.1 Å². The van der Waals surface area contributed by atoms with E-state index in [9.17, 15) is 4.79 Å². The molecule has 0 aromatic carbocycles. The van der Waals surface area contributed by atoms with Gasteiger partial charge in [-0.1, -0.05) is 0 Å². The summed E-state index contributed by atoms with van der Waals surface area (Å²) in [6, 6.07) is 0. The van der Waals surface area contributed by atoms with Crippen LogP contribution in [0.15, 0.2) is 11.6 Å². The van der Waals surface area contributed by atoms with E-state index in [2.05, 4.69) is 0 Å². The van der Waals surface area contributed by atoms with Gasteiger partial charge in [0.1, 0.15) is 0 Å². The molecule has 0 saturated heterocycles. The van der Waals surface area contributed by atoms with Gasteiger partial charge in [0.25, 0.3) is 0 Å². The minimum Gasteiger partial charge on any atom is -0.478 e. The molecule has 3 nitrogen and oxygen atoms in total. The number of aliphatic carboxylic acids is 1. The molecule has 56 valence electrons. The Labute approximate surface area is 59.0 Å². The quantitative estimate of drug-likeness (QED) is 0.561. The SMILES string of the molecule is O=C(O)C1=C[C@@H](O)CCC1. The second-order valence-electron chi connectivity index (χ2n) is 2.46. The van der Waals surface area contributed by atoms with Crippen molar-refractivity contribution in [2.45, 2.75) is 25.4 Å². The van der Waals surface area contributed by atoms with E-state index in [1.165, 1.54) is 6.08 Å². The summed E-state index contributed by atoms with van der Waals surface area (Å²) >= 11 is 0. The standard InChI is InChI=1S/C7H10O3/c8-6-3-1-2-5(4-6)7(9)10/h4,6,8H,1-3H2,(H,9,10)/t6-/m0/s1. The summed E-state index contributed by atoms with van der Waals surface area (Å²) in [6.07, 6.45) is 2.94. The van der Waals surface area contributed by atoms with Gasteiger partial charge in [-0.25, -0.2) is 4.79 Å². The second-order valence-corrected chi connectivity index (χ2v) is 2.46. The average molecular weight is 142 g/mol. The third-order valence-corrected chi connectivity index (χ3v) is 1.61. The van der Waals surface area contributed by atoms with E-state index >= 15 is 0 Å². The minimum atomic E-state index is -0.904.